The molecule has 0 aliphatic carbocycles. The van der Waals surface area contributed by atoms with Crippen LogP contribution in [0.3, 0.4) is 0 Å². The van der Waals surface area contributed by atoms with Gasteiger partial charge in [-0.2, -0.15) is 5.26 Å². The maximum atomic E-state index is 12.7. The van der Waals surface area contributed by atoms with E-state index in [1.165, 1.54) is 24.1 Å². The second-order valence-corrected chi connectivity index (χ2v) is 7.10. The molecule has 1 aliphatic rings. The van der Waals surface area contributed by atoms with Gasteiger partial charge in [0.1, 0.15) is 10.6 Å². The van der Waals surface area contributed by atoms with Gasteiger partial charge in [0.2, 0.25) is 15.9 Å². The zero-order chi connectivity index (χ0) is 17.7. The molecule has 0 radical (unpaired) electrons. The van der Waals surface area contributed by atoms with Gasteiger partial charge in [-0.3, -0.25) is 4.79 Å². The lowest BCUT2D eigenvalue weighted by molar-refractivity contribution is -0.115. The van der Waals surface area contributed by atoms with Gasteiger partial charge in [0.15, 0.2) is 6.19 Å². The summed E-state index contributed by atoms with van der Waals surface area (Å²) in [4.78, 5) is 13.0. The van der Waals surface area contributed by atoms with Crippen LogP contribution in [-0.2, 0) is 14.8 Å². The highest BCUT2D eigenvalue weighted by Gasteiger charge is 2.28. The average Bonchev–Trinajstić information content (AvgIpc) is 3.01. The minimum Gasteiger partial charge on any atom is -0.495 e. The van der Waals surface area contributed by atoms with Gasteiger partial charge in [0.05, 0.1) is 7.11 Å². The van der Waals surface area contributed by atoms with Gasteiger partial charge in [0, 0.05) is 31.2 Å². The van der Waals surface area contributed by atoms with Crippen molar-refractivity contribution in [3.8, 4) is 11.9 Å². The molecule has 1 aliphatic heterocycles. The number of likely N-dealkylation sites (tertiary alicyclic amines) is 1. The number of hydrogen-bond donors (Lipinski definition) is 2. The van der Waals surface area contributed by atoms with Crippen LogP contribution in [0.25, 0.3) is 0 Å². The van der Waals surface area contributed by atoms with Crippen LogP contribution in [-0.4, -0.2) is 45.5 Å². The fourth-order valence-corrected chi connectivity index (χ4v) is 3.90. The van der Waals surface area contributed by atoms with E-state index in [1.807, 2.05) is 6.19 Å². The van der Waals surface area contributed by atoms with E-state index in [0.29, 0.717) is 31.6 Å². The van der Waals surface area contributed by atoms with Crippen LogP contribution >= 0.6 is 0 Å². The minimum atomic E-state index is -3.85. The summed E-state index contributed by atoms with van der Waals surface area (Å²) in [7, 11) is -2.46. The molecule has 8 nitrogen and oxygen atoms in total. The molecule has 2 rings (SSSR count). The van der Waals surface area contributed by atoms with E-state index >= 15 is 0 Å². The Bertz CT molecular complexity index is 757. The quantitative estimate of drug-likeness (QED) is 0.735. The number of carbonyl (C=O) groups excluding carboxylic acids is 1. The number of nitriles is 1. The van der Waals surface area contributed by atoms with Crippen LogP contribution in [0.5, 0.6) is 5.75 Å². The Morgan fingerprint density at radius 1 is 1.50 bits per heavy atom. The van der Waals surface area contributed by atoms with Crippen molar-refractivity contribution in [2.75, 3.05) is 25.5 Å². The molecule has 0 bridgehead atoms. The van der Waals surface area contributed by atoms with Crippen molar-refractivity contribution in [3.63, 3.8) is 0 Å². The SMILES string of the molecule is CCC(=O)Nc1ccc(OC)c(S(=O)(=O)NC2CCN(C#N)C2)c1. The van der Waals surface area contributed by atoms with E-state index in [4.69, 9.17) is 10.00 Å². The minimum absolute atomic E-state index is 0.0469. The number of nitrogens with zero attached hydrogens (tertiary/aromatic N) is 2. The molecule has 1 saturated heterocycles. The predicted octanol–water partition coefficient (Wildman–Crippen LogP) is 0.877. The number of methoxy groups -OCH3 is 1. The Hall–Kier alpha value is -2.31. The lowest BCUT2D eigenvalue weighted by Gasteiger charge is -2.16. The topological polar surface area (TPSA) is 112 Å². The van der Waals surface area contributed by atoms with Crippen molar-refractivity contribution in [1.29, 1.82) is 5.26 Å². The van der Waals surface area contributed by atoms with Crippen LogP contribution in [0.1, 0.15) is 19.8 Å². The van der Waals surface area contributed by atoms with Crippen LogP contribution in [0.4, 0.5) is 5.69 Å². The number of hydrogen-bond acceptors (Lipinski definition) is 6. The van der Waals surface area contributed by atoms with Gasteiger partial charge in [-0.05, 0) is 24.6 Å². The van der Waals surface area contributed by atoms with E-state index in [2.05, 4.69) is 10.0 Å². The Morgan fingerprint density at radius 3 is 2.83 bits per heavy atom. The molecular formula is C15H20N4O4S. The summed E-state index contributed by atoms with van der Waals surface area (Å²) in [5.41, 5.74) is 0.382. The Kier molecular flexibility index (Phi) is 5.64. The van der Waals surface area contributed by atoms with Crippen LogP contribution in [0.15, 0.2) is 23.1 Å². The zero-order valence-electron chi connectivity index (χ0n) is 13.6. The number of sulfonamides is 1. The molecule has 24 heavy (non-hydrogen) atoms. The molecule has 1 heterocycles. The summed E-state index contributed by atoms with van der Waals surface area (Å²) in [5, 5.41) is 11.5. The number of ether oxygens (including phenoxy) is 1. The molecule has 9 heteroatoms. The highest BCUT2D eigenvalue weighted by Crippen LogP contribution is 2.28. The van der Waals surface area contributed by atoms with Crippen molar-refractivity contribution < 1.29 is 17.9 Å². The fraction of sp³-hybridized carbons (Fsp3) is 0.467. The first-order valence-electron chi connectivity index (χ1n) is 7.54. The number of nitrogens with one attached hydrogen (secondary N) is 2. The molecular weight excluding hydrogens is 332 g/mol. The van der Waals surface area contributed by atoms with Gasteiger partial charge in [-0.25, -0.2) is 13.1 Å². The smallest absolute Gasteiger partial charge is 0.244 e. The molecule has 1 atom stereocenters. The van der Waals surface area contributed by atoms with E-state index in [0.717, 1.165) is 0 Å². The summed E-state index contributed by atoms with van der Waals surface area (Å²) in [5.74, 6) is -0.0240. The molecule has 2 N–H and O–H groups in total. The summed E-state index contributed by atoms with van der Waals surface area (Å²) in [6.07, 6.45) is 2.85. The standard InChI is InChI=1S/C15H20N4O4S/c1-3-15(20)17-11-4-5-13(23-2)14(8-11)24(21,22)18-12-6-7-19(9-12)10-16/h4-5,8,12,18H,3,6-7,9H2,1-2H3,(H,17,20). The molecule has 0 aromatic heterocycles. The Balaban J connectivity index is 2.25. The maximum absolute atomic E-state index is 12.7. The van der Waals surface area contributed by atoms with Crippen LogP contribution < -0.4 is 14.8 Å². The lowest BCUT2D eigenvalue weighted by atomic mass is 10.3. The molecule has 1 unspecified atom stereocenters. The van der Waals surface area contributed by atoms with Crippen molar-refractivity contribution >= 4 is 21.6 Å². The lowest BCUT2D eigenvalue weighted by Crippen LogP contribution is -2.36. The molecule has 1 aromatic rings. The molecule has 1 amide bonds. The first kappa shape index (κ1) is 18.0. The fourth-order valence-electron chi connectivity index (χ4n) is 2.44. The first-order chi connectivity index (χ1) is 11.4. The molecule has 130 valence electrons. The Labute approximate surface area is 141 Å². The summed E-state index contributed by atoms with van der Waals surface area (Å²) >= 11 is 0. The Morgan fingerprint density at radius 2 is 2.25 bits per heavy atom. The van der Waals surface area contributed by atoms with E-state index in [9.17, 15) is 13.2 Å². The maximum Gasteiger partial charge on any atom is 0.244 e. The summed E-state index contributed by atoms with van der Waals surface area (Å²) < 4.78 is 33.1. The molecule has 0 spiro atoms. The highest BCUT2D eigenvalue weighted by atomic mass is 32.2. The van der Waals surface area contributed by atoms with Gasteiger partial charge >= 0.3 is 0 Å². The monoisotopic (exact) mass is 352 g/mol. The number of anilines is 1. The highest BCUT2D eigenvalue weighted by molar-refractivity contribution is 7.89. The third kappa shape index (κ3) is 4.15. The van der Waals surface area contributed by atoms with E-state index in [1.54, 1.807) is 13.0 Å². The second kappa shape index (κ2) is 7.51. The third-order valence-corrected chi connectivity index (χ3v) is 5.25. The zero-order valence-corrected chi connectivity index (χ0v) is 14.4. The van der Waals surface area contributed by atoms with E-state index < -0.39 is 10.0 Å². The predicted molar refractivity (Wildman–Crippen MR) is 87.8 cm³/mol. The van der Waals surface area contributed by atoms with Gasteiger partial charge in [-0.1, -0.05) is 6.92 Å². The molecule has 0 saturated carbocycles. The normalized spacial score (nSPS) is 17.4. The van der Waals surface area contributed by atoms with Gasteiger partial charge < -0.3 is 15.0 Å². The number of rotatable bonds is 6. The van der Waals surface area contributed by atoms with Crippen LogP contribution in [0.2, 0.25) is 0 Å². The largest absolute Gasteiger partial charge is 0.495 e. The van der Waals surface area contributed by atoms with Gasteiger partial charge in [0.25, 0.3) is 0 Å². The van der Waals surface area contributed by atoms with Crippen molar-refractivity contribution in [3.05, 3.63) is 18.2 Å². The van der Waals surface area contributed by atoms with Crippen molar-refractivity contribution in [1.82, 2.24) is 9.62 Å². The number of carbonyl (C=O) groups is 1. The summed E-state index contributed by atoms with van der Waals surface area (Å²) in [6.45, 7) is 2.57. The van der Waals surface area contributed by atoms with E-state index in [-0.39, 0.29) is 22.6 Å². The van der Waals surface area contributed by atoms with Crippen molar-refractivity contribution in [2.45, 2.75) is 30.7 Å². The molecule has 1 aromatic carbocycles. The molecule has 1 fully saturated rings. The second-order valence-electron chi connectivity index (χ2n) is 5.42. The van der Waals surface area contributed by atoms with Crippen LogP contribution in [0, 0.1) is 11.5 Å². The van der Waals surface area contributed by atoms with Crippen molar-refractivity contribution in [2.24, 2.45) is 0 Å². The third-order valence-electron chi connectivity index (χ3n) is 3.71. The average molecular weight is 352 g/mol. The first-order valence-corrected chi connectivity index (χ1v) is 9.02. The van der Waals surface area contributed by atoms with Gasteiger partial charge in [-0.15, -0.1) is 0 Å². The number of amides is 1. The summed E-state index contributed by atoms with van der Waals surface area (Å²) in [6, 6.07) is 4.11. The number of benzene rings is 1.